The molecule has 9 heteroatoms. The zero-order chi connectivity index (χ0) is 20.1. The van der Waals surface area contributed by atoms with E-state index in [1.54, 1.807) is 0 Å². The molecule has 3 aromatic rings. The number of benzene rings is 2. The Labute approximate surface area is 157 Å². The van der Waals surface area contributed by atoms with Crippen LogP contribution in [0.3, 0.4) is 0 Å². The normalized spacial score (nSPS) is 10.8. The second-order valence-electron chi connectivity index (χ2n) is 5.57. The molecule has 0 aliphatic carbocycles. The van der Waals surface area contributed by atoms with Crippen molar-refractivity contribution in [2.45, 2.75) is 6.18 Å². The first-order valence-electron chi connectivity index (χ1n) is 7.82. The van der Waals surface area contributed by atoms with E-state index in [0.29, 0.717) is 0 Å². The molecule has 1 N–H and O–H groups in total. The van der Waals surface area contributed by atoms with Crippen molar-refractivity contribution in [2.75, 3.05) is 5.32 Å². The second-order valence-corrected chi connectivity index (χ2v) is 5.57. The van der Waals surface area contributed by atoms with Gasteiger partial charge in [-0.1, -0.05) is 6.07 Å². The SMILES string of the molecule is N#Cc1cccc(C(=O)Nc2cc(Oc3cncnc3)cc(C(F)(F)F)c2)c1. The maximum Gasteiger partial charge on any atom is 0.416 e. The number of nitrogens with zero attached hydrogens (tertiary/aromatic N) is 3. The summed E-state index contributed by atoms with van der Waals surface area (Å²) >= 11 is 0. The number of rotatable bonds is 4. The minimum absolute atomic E-state index is 0.117. The highest BCUT2D eigenvalue weighted by molar-refractivity contribution is 6.04. The fraction of sp³-hybridized carbons (Fsp3) is 0.0526. The van der Waals surface area contributed by atoms with Gasteiger partial charge < -0.3 is 10.1 Å². The van der Waals surface area contributed by atoms with Crippen LogP contribution >= 0.6 is 0 Å². The van der Waals surface area contributed by atoms with Gasteiger partial charge in [-0.3, -0.25) is 4.79 Å². The van der Waals surface area contributed by atoms with Crippen LogP contribution in [0, 0.1) is 11.3 Å². The van der Waals surface area contributed by atoms with E-state index in [1.165, 1.54) is 49.1 Å². The third kappa shape index (κ3) is 4.62. The Hall–Kier alpha value is -3.93. The number of halogens is 3. The molecule has 0 spiro atoms. The number of nitrogens with one attached hydrogen (secondary N) is 1. The van der Waals surface area contributed by atoms with Crippen molar-refractivity contribution in [2.24, 2.45) is 0 Å². The highest BCUT2D eigenvalue weighted by atomic mass is 19.4. The van der Waals surface area contributed by atoms with E-state index < -0.39 is 17.6 Å². The van der Waals surface area contributed by atoms with Gasteiger partial charge >= 0.3 is 6.18 Å². The number of aromatic nitrogens is 2. The van der Waals surface area contributed by atoms with Gasteiger partial charge in [0.1, 0.15) is 12.1 Å². The average molecular weight is 384 g/mol. The van der Waals surface area contributed by atoms with Crippen LogP contribution in [0.1, 0.15) is 21.5 Å². The van der Waals surface area contributed by atoms with Gasteiger partial charge in [0.25, 0.3) is 5.91 Å². The predicted octanol–water partition coefficient (Wildman–Crippen LogP) is 4.41. The minimum atomic E-state index is -4.65. The molecular weight excluding hydrogens is 373 g/mol. The second kappa shape index (κ2) is 7.75. The molecule has 1 heterocycles. The number of alkyl halides is 3. The quantitative estimate of drug-likeness (QED) is 0.720. The smallest absolute Gasteiger partial charge is 0.416 e. The van der Waals surface area contributed by atoms with Crippen LogP contribution in [0.5, 0.6) is 11.5 Å². The summed E-state index contributed by atoms with van der Waals surface area (Å²) in [5.74, 6) is -0.669. The molecule has 1 amide bonds. The number of amides is 1. The molecule has 3 rings (SSSR count). The molecular formula is C19H11F3N4O2. The third-order valence-corrected chi connectivity index (χ3v) is 3.52. The van der Waals surface area contributed by atoms with E-state index in [4.69, 9.17) is 10.00 Å². The lowest BCUT2D eigenvalue weighted by molar-refractivity contribution is -0.137. The molecule has 28 heavy (non-hydrogen) atoms. The molecule has 0 atom stereocenters. The predicted molar refractivity (Wildman–Crippen MR) is 92.7 cm³/mol. The zero-order valence-corrected chi connectivity index (χ0v) is 14.1. The summed E-state index contributed by atoms with van der Waals surface area (Å²) < 4.78 is 45.0. The molecule has 1 aromatic heterocycles. The molecule has 2 aromatic carbocycles. The Bertz CT molecular complexity index is 1050. The molecule has 0 radical (unpaired) electrons. The lowest BCUT2D eigenvalue weighted by atomic mass is 10.1. The Morgan fingerprint density at radius 3 is 2.50 bits per heavy atom. The minimum Gasteiger partial charge on any atom is -0.454 e. The summed E-state index contributed by atoms with van der Waals surface area (Å²) in [5.41, 5.74) is -0.725. The van der Waals surface area contributed by atoms with E-state index in [0.717, 1.165) is 12.1 Å². The van der Waals surface area contributed by atoms with Crippen molar-refractivity contribution in [3.8, 4) is 17.6 Å². The van der Waals surface area contributed by atoms with Gasteiger partial charge in [-0.25, -0.2) is 9.97 Å². The first kappa shape index (κ1) is 18.8. The number of nitriles is 1. The van der Waals surface area contributed by atoms with Gasteiger partial charge in [-0.05, 0) is 30.3 Å². The molecule has 0 unspecified atom stereocenters. The summed E-state index contributed by atoms with van der Waals surface area (Å²) in [6.45, 7) is 0. The van der Waals surface area contributed by atoms with Gasteiger partial charge in [0.05, 0.1) is 29.6 Å². The van der Waals surface area contributed by atoms with Crippen LogP contribution in [0.25, 0.3) is 0 Å². The van der Waals surface area contributed by atoms with E-state index in [-0.39, 0.29) is 28.3 Å². The number of anilines is 1. The van der Waals surface area contributed by atoms with Crippen LogP contribution in [0.2, 0.25) is 0 Å². The molecule has 0 bridgehead atoms. The maximum atomic E-state index is 13.2. The number of carbonyl (C=O) groups excluding carboxylic acids is 1. The monoisotopic (exact) mass is 384 g/mol. The lowest BCUT2D eigenvalue weighted by Crippen LogP contribution is -2.13. The van der Waals surface area contributed by atoms with Gasteiger partial charge in [0, 0.05) is 17.3 Å². The standard InChI is InChI=1S/C19H11F3N4O2/c20-19(21,22)14-5-15(7-16(6-14)28-17-9-24-11-25-10-17)26-18(27)13-3-1-2-12(4-13)8-23/h1-7,9-11H,(H,26,27). The molecule has 6 nitrogen and oxygen atoms in total. The summed E-state index contributed by atoms with van der Waals surface area (Å²) in [4.78, 5) is 19.8. The fourth-order valence-electron chi connectivity index (χ4n) is 2.30. The summed E-state index contributed by atoms with van der Waals surface area (Å²) in [5, 5.41) is 11.3. The van der Waals surface area contributed by atoms with Crippen LogP contribution in [0.15, 0.2) is 61.2 Å². The van der Waals surface area contributed by atoms with Crippen molar-refractivity contribution in [1.29, 1.82) is 5.26 Å². The van der Waals surface area contributed by atoms with Gasteiger partial charge in [-0.2, -0.15) is 18.4 Å². The van der Waals surface area contributed by atoms with Gasteiger partial charge in [0.15, 0.2) is 5.75 Å². The van der Waals surface area contributed by atoms with E-state index in [2.05, 4.69) is 15.3 Å². The van der Waals surface area contributed by atoms with Gasteiger partial charge in [-0.15, -0.1) is 0 Å². The van der Waals surface area contributed by atoms with Crippen LogP contribution < -0.4 is 10.1 Å². The summed E-state index contributed by atoms with van der Waals surface area (Å²) in [7, 11) is 0. The van der Waals surface area contributed by atoms with Crippen LogP contribution in [-0.2, 0) is 6.18 Å². The topological polar surface area (TPSA) is 87.9 Å². The molecule has 0 aliphatic rings. The van der Waals surface area contributed by atoms with Crippen molar-refractivity contribution in [1.82, 2.24) is 9.97 Å². The molecule has 140 valence electrons. The third-order valence-electron chi connectivity index (χ3n) is 3.52. The van der Waals surface area contributed by atoms with Crippen molar-refractivity contribution >= 4 is 11.6 Å². The first-order chi connectivity index (χ1) is 13.3. The number of hydrogen-bond donors (Lipinski definition) is 1. The summed E-state index contributed by atoms with van der Waals surface area (Å²) in [6, 6.07) is 10.5. The van der Waals surface area contributed by atoms with Crippen LogP contribution in [-0.4, -0.2) is 15.9 Å². The van der Waals surface area contributed by atoms with Gasteiger partial charge in [0.2, 0.25) is 0 Å². The van der Waals surface area contributed by atoms with Crippen molar-refractivity contribution in [3.05, 3.63) is 77.9 Å². The number of hydrogen-bond acceptors (Lipinski definition) is 5. The van der Waals surface area contributed by atoms with Crippen molar-refractivity contribution < 1.29 is 22.7 Å². The number of ether oxygens (including phenoxy) is 1. The largest absolute Gasteiger partial charge is 0.454 e. The highest BCUT2D eigenvalue weighted by Gasteiger charge is 2.31. The molecule has 0 aliphatic heterocycles. The Balaban J connectivity index is 1.92. The Morgan fingerprint density at radius 2 is 1.82 bits per heavy atom. The molecule has 0 saturated heterocycles. The van der Waals surface area contributed by atoms with Crippen molar-refractivity contribution in [3.63, 3.8) is 0 Å². The van der Waals surface area contributed by atoms with E-state index in [9.17, 15) is 18.0 Å². The van der Waals surface area contributed by atoms with E-state index in [1.807, 2.05) is 6.07 Å². The summed E-state index contributed by atoms with van der Waals surface area (Å²) in [6.07, 6.45) is -0.815. The number of carbonyl (C=O) groups is 1. The maximum absolute atomic E-state index is 13.2. The lowest BCUT2D eigenvalue weighted by Gasteiger charge is -2.13. The zero-order valence-electron chi connectivity index (χ0n) is 14.1. The van der Waals surface area contributed by atoms with Crippen LogP contribution in [0.4, 0.5) is 18.9 Å². The Kier molecular flexibility index (Phi) is 5.22. The van der Waals surface area contributed by atoms with E-state index >= 15 is 0 Å². The Morgan fingerprint density at radius 1 is 1.07 bits per heavy atom. The first-order valence-corrected chi connectivity index (χ1v) is 7.82. The average Bonchev–Trinajstić information content (AvgIpc) is 2.68. The molecule has 0 saturated carbocycles. The highest BCUT2D eigenvalue weighted by Crippen LogP contribution is 2.35. The molecule has 0 fully saturated rings. The fourth-order valence-corrected chi connectivity index (χ4v) is 2.30.